The summed E-state index contributed by atoms with van der Waals surface area (Å²) in [6.45, 7) is 3.34. The first-order chi connectivity index (χ1) is 6.86. The highest BCUT2D eigenvalue weighted by molar-refractivity contribution is 5.44. The Balaban J connectivity index is 2.00. The third kappa shape index (κ3) is 1.06. The SMILES string of the molecule is Nc1c2c(nn1C1CNC1)COCC2. The molecule has 0 bridgehead atoms. The van der Waals surface area contributed by atoms with E-state index in [1.54, 1.807) is 0 Å². The molecule has 3 rings (SSSR count). The number of nitrogens with two attached hydrogens (primary N) is 1. The van der Waals surface area contributed by atoms with Crippen LogP contribution in [-0.2, 0) is 17.8 Å². The van der Waals surface area contributed by atoms with Gasteiger partial charge in [0.15, 0.2) is 0 Å². The van der Waals surface area contributed by atoms with Gasteiger partial charge in [0.05, 0.1) is 24.9 Å². The van der Waals surface area contributed by atoms with Crippen LogP contribution in [0.4, 0.5) is 5.82 Å². The highest BCUT2D eigenvalue weighted by Crippen LogP contribution is 2.26. The molecule has 0 radical (unpaired) electrons. The van der Waals surface area contributed by atoms with Crippen LogP contribution in [0.15, 0.2) is 0 Å². The third-order valence-corrected chi connectivity index (χ3v) is 2.97. The summed E-state index contributed by atoms with van der Waals surface area (Å²) in [5.41, 5.74) is 8.28. The minimum absolute atomic E-state index is 0.445. The Morgan fingerprint density at radius 1 is 1.50 bits per heavy atom. The summed E-state index contributed by atoms with van der Waals surface area (Å²) in [7, 11) is 0. The van der Waals surface area contributed by atoms with Crippen molar-refractivity contribution in [3.63, 3.8) is 0 Å². The predicted octanol–water partition coefficient (Wildman–Crippen LogP) is -0.318. The molecule has 1 aromatic rings. The Hall–Kier alpha value is -1.07. The fourth-order valence-electron chi connectivity index (χ4n) is 1.99. The molecule has 2 aliphatic heterocycles. The van der Waals surface area contributed by atoms with Crippen LogP contribution < -0.4 is 11.1 Å². The van der Waals surface area contributed by atoms with E-state index in [-0.39, 0.29) is 0 Å². The second kappa shape index (κ2) is 2.96. The summed E-state index contributed by atoms with van der Waals surface area (Å²) >= 11 is 0. The molecule has 76 valence electrons. The molecule has 0 aromatic carbocycles. The van der Waals surface area contributed by atoms with Crippen molar-refractivity contribution in [2.75, 3.05) is 25.4 Å². The van der Waals surface area contributed by atoms with E-state index in [0.29, 0.717) is 12.6 Å². The quantitative estimate of drug-likeness (QED) is 0.643. The maximum absolute atomic E-state index is 6.05. The van der Waals surface area contributed by atoms with Crippen LogP contribution in [0.2, 0.25) is 0 Å². The summed E-state index contributed by atoms with van der Waals surface area (Å²) in [5, 5.41) is 7.72. The van der Waals surface area contributed by atoms with Gasteiger partial charge in [-0.05, 0) is 0 Å². The lowest BCUT2D eigenvalue weighted by atomic mass is 10.1. The summed E-state index contributed by atoms with van der Waals surface area (Å²) in [5.74, 6) is 0.842. The second-order valence-corrected chi connectivity index (χ2v) is 3.87. The fraction of sp³-hybridized carbons (Fsp3) is 0.667. The van der Waals surface area contributed by atoms with E-state index in [9.17, 15) is 0 Å². The molecule has 0 saturated carbocycles. The molecule has 5 nitrogen and oxygen atoms in total. The van der Waals surface area contributed by atoms with Crippen molar-refractivity contribution >= 4 is 5.82 Å². The lowest BCUT2D eigenvalue weighted by Gasteiger charge is -2.28. The van der Waals surface area contributed by atoms with Gasteiger partial charge in [-0.1, -0.05) is 0 Å². The average Bonchev–Trinajstić information content (AvgIpc) is 2.43. The number of nitrogens with one attached hydrogen (secondary N) is 1. The van der Waals surface area contributed by atoms with Gasteiger partial charge >= 0.3 is 0 Å². The molecule has 1 aromatic heterocycles. The molecule has 14 heavy (non-hydrogen) atoms. The topological polar surface area (TPSA) is 65.1 Å². The van der Waals surface area contributed by atoms with Crippen molar-refractivity contribution in [3.05, 3.63) is 11.3 Å². The molecule has 1 fully saturated rings. The van der Waals surface area contributed by atoms with Crippen LogP contribution in [-0.4, -0.2) is 29.5 Å². The summed E-state index contributed by atoms with van der Waals surface area (Å²) in [6.07, 6.45) is 0.904. The Bertz CT molecular complexity index is 356. The van der Waals surface area contributed by atoms with Gasteiger partial charge in [-0.25, -0.2) is 4.68 Å². The maximum Gasteiger partial charge on any atom is 0.125 e. The number of anilines is 1. The van der Waals surface area contributed by atoms with E-state index in [2.05, 4.69) is 10.4 Å². The molecule has 0 aliphatic carbocycles. The Morgan fingerprint density at radius 2 is 2.36 bits per heavy atom. The number of rotatable bonds is 1. The summed E-state index contributed by atoms with van der Waals surface area (Å²) < 4.78 is 7.30. The van der Waals surface area contributed by atoms with E-state index in [0.717, 1.165) is 37.6 Å². The van der Waals surface area contributed by atoms with Crippen LogP contribution in [0, 0.1) is 0 Å². The zero-order valence-electron chi connectivity index (χ0n) is 7.99. The molecular formula is C9H14N4O. The van der Waals surface area contributed by atoms with Gasteiger partial charge < -0.3 is 15.8 Å². The second-order valence-electron chi connectivity index (χ2n) is 3.87. The van der Waals surface area contributed by atoms with Gasteiger partial charge in [-0.2, -0.15) is 5.10 Å². The minimum Gasteiger partial charge on any atom is -0.384 e. The lowest BCUT2D eigenvalue weighted by molar-refractivity contribution is 0.107. The van der Waals surface area contributed by atoms with Crippen LogP contribution in [0.5, 0.6) is 0 Å². The van der Waals surface area contributed by atoms with Crippen LogP contribution in [0.1, 0.15) is 17.3 Å². The molecular weight excluding hydrogens is 180 g/mol. The normalized spacial score (nSPS) is 21.7. The van der Waals surface area contributed by atoms with Crippen LogP contribution in [0.25, 0.3) is 0 Å². The van der Waals surface area contributed by atoms with Gasteiger partial charge in [0.25, 0.3) is 0 Å². The van der Waals surface area contributed by atoms with E-state index < -0.39 is 0 Å². The molecule has 0 spiro atoms. The van der Waals surface area contributed by atoms with Gasteiger partial charge in [0.1, 0.15) is 5.82 Å². The van der Waals surface area contributed by atoms with Crippen LogP contribution in [0.3, 0.4) is 0 Å². The molecule has 1 saturated heterocycles. The number of nitrogen functional groups attached to an aromatic ring is 1. The van der Waals surface area contributed by atoms with Crippen LogP contribution >= 0.6 is 0 Å². The van der Waals surface area contributed by atoms with Crippen molar-refractivity contribution in [1.29, 1.82) is 0 Å². The van der Waals surface area contributed by atoms with Crippen molar-refractivity contribution in [1.82, 2.24) is 15.1 Å². The zero-order valence-corrected chi connectivity index (χ0v) is 7.99. The van der Waals surface area contributed by atoms with E-state index in [1.807, 2.05) is 4.68 Å². The first-order valence-corrected chi connectivity index (χ1v) is 5.00. The smallest absolute Gasteiger partial charge is 0.125 e. The standard InChI is InChI=1S/C9H14N4O/c10-9-7-1-2-14-5-8(7)12-13(9)6-3-11-4-6/h6,11H,1-5,10H2. The molecule has 3 N–H and O–H groups in total. The van der Waals surface area contributed by atoms with E-state index >= 15 is 0 Å². The molecule has 3 heterocycles. The molecule has 5 heteroatoms. The first-order valence-electron chi connectivity index (χ1n) is 5.00. The van der Waals surface area contributed by atoms with Crippen molar-refractivity contribution in [3.8, 4) is 0 Å². The zero-order chi connectivity index (χ0) is 9.54. The number of hydrogen-bond donors (Lipinski definition) is 2. The molecule has 0 atom stereocenters. The van der Waals surface area contributed by atoms with Crippen molar-refractivity contribution in [2.45, 2.75) is 19.1 Å². The Morgan fingerprint density at radius 3 is 3.00 bits per heavy atom. The molecule has 0 amide bonds. The number of hydrogen-bond acceptors (Lipinski definition) is 4. The number of aromatic nitrogens is 2. The van der Waals surface area contributed by atoms with Gasteiger partial charge in [-0.15, -0.1) is 0 Å². The highest BCUT2D eigenvalue weighted by atomic mass is 16.5. The van der Waals surface area contributed by atoms with Gasteiger partial charge in [-0.3, -0.25) is 0 Å². The first kappa shape index (κ1) is 8.26. The average molecular weight is 194 g/mol. The number of nitrogens with zero attached hydrogens (tertiary/aromatic N) is 2. The third-order valence-electron chi connectivity index (χ3n) is 2.97. The van der Waals surface area contributed by atoms with Gasteiger partial charge in [0.2, 0.25) is 0 Å². The maximum atomic E-state index is 6.05. The number of ether oxygens (including phenoxy) is 1. The predicted molar refractivity (Wildman–Crippen MR) is 51.9 cm³/mol. The fourth-order valence-corrected chi connectivity index (χ4v) is 1.99. The molecule has 2 aliphatic rings. The summed E-state index contributed by atoms with van der Waals surface area (Å²) in [6, 6.07) is 0.445. The van der Waals surface area contributed by atoms with E-state index in [4.69, 9.17) is 10.5 Å². The monoisotopic (exact) mass is 194 g/mol. The lowest BCUT2D eigenvalue weighted by Crippen LogP contribution is -2.44. The number of fused-ring (bicyclic) bond motifs is 1. The van der Waals surface area contributed by atoms with E-state index in [1.165, 1.54) is 5.56 Å². The Kier molecular flexibility index (Phi) is 1.75. The molecule has 0 unspecified atom stereocenters. The van der Waals surface area contributed by atoms with Crippen molar-refractivity contribution in [2.24, 2.45) is 0 Å². The minimum atomic E-state index is 0.445. The largest absolute Gasteiger partial charge is 0.384 e. The van der Waals surface area contributed by atoms with Crippen molar-refractivity contribution < 1.29 is 4.74 Å². The summed E-state index contributed by atoms with van der Waals surface area (Å²) in [4.78, 5) is 0. The van der Waals surface area contributed by atoms with Gasteiger partial charge in [0, 0.05) is 25.1 Å². The Labute approximate surface area is 82.2 Å². The highest BCUT2D eigenvalue weighted by Gasteiger charge is 2.26.